The van der Waals surface area contributed by atoms with Crippen molar-refractivity contribution in [3.8, 4) is 45.6 Å². The van der Waals surface area contributed by atoms with E-state index >= 15 is 0 Å². The Bertz CT molecular complexity index is 2640. The topological polar surface area (TPSA) is 89.2 Å². The quantitative estimate of drug-likeness (QED) is 0.0562. The van der Waals surface area contributed by atoms with Gasteiger partial charge in [0.1, 0.15) is 49.6 Å². The van der Waals surface area contributed by atoms with Gasteiger partial charge in [0.25, 0.3) is 23.3 Å². The summed E-state index contributed by atoms with van der Waals surface area (Å²) in [6, 6.07) is 8.88. The van der Waals surface area contributed by atoms with Crippen molar-refractivity contribution in [2.75, 3.05) is 0 Å². The zero-order valence-corrected chi connectivity index (χ0v) is 43.5. The van der Waals surface area contributed by atoms with E-state index < -0.39 is 0 Å². The molecule has 2 aliphatic heterocycles. The van der Waals surface area contributed by atoms with Gasteiger partial charge in [-0.05, 0) is 75.7 Å². The summed E-state index contributed by atoms with van der Waals surface area (Å²) in [6.45, 7) is 25.1. The maximum Gasteiger partial charge on any atom is 2.00 e. The molecule has 8 bridgehead atoms. The first kappa shape index (κ1) is 49.4. The van der Waals surface area contributed by atoms with Crippen LogP contribution in [0.5, 0.6) is 0 Å². The van der Waals surface area contributed by atoms with Gasteiger partial charge in [0.05, 0.1) is 97.4 Å². The average molecular weight is 968 g/mol. The van der Waals surface area contributed by atoms with Crippen LogP contribution >= 0.6 is 0 Å². The fourth-order valence-corrected chi connectivity index (χ4v) is 10.4. The number of aryl methyl sites for hydroxylation is 8. The summed E-state index contributed by atoms with van der Waals surface area (Å²) in [5.74, 6) is 4.48. The number of aromatic nitrogens is 12. The maximum atomic E-state index is 5.74. The van der Waals surface area contributed by atoms with Crippen LogP contribution in [-0.2, 0) is 69.4 Å². The van der Waals surface area contributed by atoms with E-state index in [1.54, 1.807) is 0 Å². The van der Waals surface area contributed by atoms with Gasteiger partial charge in [0.2, 0.25) is 0 Å². The molecule has 0 unspecified atom stereocenters. The molecular weight excluding hydrogens is 896 g/mol. The molecule has 0 atom stereocenters. The molecule has 0 aromatic carbocycles. The van der Waals surface area contributed by atoms with Crippen molar-refractivity contribution in [3.05, 3.63) is 96.6 Å². The molecule has 9 rings (SSSR count). The summed E-state index contributed by atoms with van der Waals surface area (Å²) in [5, 5.41) is 0. The molecule has 2 aliphatic rings. The normalized spacial score (nSPS) is 12.2. The summed E-state index contributed by atoms with van der Waals surface area (Å²) in [6.07, 6.45) is 34.8. The second-order valence-electron chi connectivity index (χ2n) is 18.4. The predicted octanol–water partition coefficient (Wildman–Crippen LogP) is 10.2. The number of hydrogen-bond donors (Lipinski definition) is 0. The van der Waals surface area contributed by atoms with Crippen LogP contribution in [0.1, 0.15) is 130 Å². The minimum absolute atomic E-state index is 0. The molecule has 1 radical (unpaired) electrons. The Kier molecular flexibility index (Phi) is 15.9. The van der Waals surface area contributed by atoms with Crippen molar-refractivity contribution < 1.29 is 35.3 Å². The maximum absolute atomic E-state index is 5.74. The molecule has 0 fully saturated rings. The van der Waals surface area contributed by atoms with Crippen molar-refractivity contribution in [1.82, 2.24) is 38.2 Å². The summed E-state index contributed by atoms with van der Waals surface area (Å²) >= 11 is 0. The van der Waals surface area contributed by atoms with E-state index in [-0.39, 0.29) is 17.1 Å². The second kappa shape index (κ2) is 22.1. The summed E-state index contributed by atoms with van der Waals surface area (Å²) in [4.78, 5) is 23.0. The molecule has 0 aliphatic carbocycles. The zero-order valence-electron chi connectivity index (χ0n) is 42.3. The Morgan fingerprint density at radius 3 is 0.797 bits per heavy atom. The second-order valence-corrected chi connectivity index (χ2v) is 18.4. The molecule has 12 nitrogen and oxygen atoms in total. The fraction of sp³-hybridized carbons (Fsp3) is 0.429. The van der Waals surface area contributed by atoms with Crippen LogP contribution in [0, 0.1) is 0 Å². The Morgan fingerprint density at radius 1 is 0.362 bits per heavy atom. The van der Waals surface area contributed by atoms with Gasteiger partial charge in [-0.3, -0.25) is 0 Å². The number of imidazole rings is 4. The third-order valence-electron chi connectivity index (χ3n) is 13.1. The van der Waals surface area contributed by atoms with Crippen molar-refractivity contribution in [2.45, 2.75) is 159 Å². The zero-order chi connectivity index (χ0) is 47.3. The van der Waals surface area contributed by atoms with Crippen LogP contribution in [0.15, 0.2) is 73.8 Å². The van der Waals surface area contributed by atoms with Crippen molar-refractivity contribution in [3.63, 3.8) is 0 Å². The van der Waals surface area contributed by atoms with Gasteiger partial charge < -0.3 is 9.97 Å². The van der Waals surface area contributed by atoms with Crippen LogP contribution in [0.25, 0.3) is 91.9 Å². The van der Waals surface area contributed by atoms with E-state index in [2.05, 4.69) is 190 Å². The minimum atomic E-state index is 0. The first-order chi connectivity index (χ1) is 33.4. The number of hydrogen-bond acceptors (Lipinski definition) is 2. The summed E-state index contributed by atoms with van der Waals surface area (Å²) in [7, 11) is 0. The van der Waals surface area contributed by atoms with Gasteiger partial charge in [-0.15, -0.1) is 22.1 Å². The Labute approximate surface area is 419 Å². The van der Waals surface area contributed by atoms with Gasteiger partial charge >= 0.3 is 17.1 Å². The number of rotatable bonds is 20. The van der Waals surface area contributed by atoms with E-state index in [0.29, 0.717) is 0 Å². The van der Waals surface area contributed by atoms with Crippen molar-refractivity contribution in [1.29, 1.82) is 0 Å². The molecule has 69 heavy (non-hydrogen) atoms. The summed E-state index contributed by atoms with van der Waals surface area (Å²) < 4.78 is 19.2. The van der Waals surface area contributed by atoms with Gasteiger partial charge in [0, 0.05) is 0 Å². The van der Waals surface area contributed by atoms with Crippen molar-refractivity contribution >= 4 is 46.4 Å². The Balaban J connectivity index is 0.00000642. The third-order valence-corrected chi connectivity index (χ3v) is 13.1. The molecule has 0 amide bonds. The smallest absolute Gasteiger partial charge is 0.656 e. The van der Waals surface area contributed by atoms with Gasteiger partial charge in [0.15, 0.2) is 0 Å². The largest absolute Gasteiger partial charge is 2.00 e. The van der Waals surface area contributed by atoms with Gasteiger partial charge in [-0.2, -0.15) is 0 Å². The average Bonchev–Trinajstić information content (AvgIpc) is 4.20. The van der Waals surface area contributed by atoms with E-state index in [9.17, 15) is 0 Å². The molecule has 0 spiro atoms. The first-order valence-electron chi connectivity index (χ1n) is 25.8. The van der Waals surface area contributed by atoms with Crippen LogP contribution in [0.3, 0.4) is 0 Å². The van der Waals surface area contributed by atoms with Crippen LogP contribution < -0.4 is 28.2 Å². The molecule has 0 saturated heterocycles. The Morgan fingerprint density at radius 2 is 0.594 bits per heavy atom. The van der Waals surface area contributed by atoms with Crippen LogP contribution in [0.2, 0.25) is 0 Å². The molecule has 7 aromatic heterocycles. The molecule has 13 heteroatoms. The number of fused-ring (bicyclic) bond motifs is 8. The molecule has 0 saturated carbocycles. The SMILES string of the molecule is CCCn1cc[n+](CCC)c1-c1c2nc(c(-c3n(CCC)cc[n+]3CCC)c3ccc([n-]3)c(-c3n(CCC)cc[n+]3CCC)c3nc(c(-c4n(CCC)cc[n+]4CCC)c4ccc1[n-]4)C=C3)C=C2.[Mn+2]. The molecule has 7 aromatic rings. The summed E-state index contributed by atoms with van der Waals surface area (Å²) in [5.41, 5.74) is 11.3. The van der Waals surface area contributed by atoms with Gasteiger partial charge in [-0.25, -0.2) is 46.5 Å². The third kappa shape index (κ3) is 9.40. The van der Waals surface area contributed by atoms with E-state index in [1.807, 2.05) is 0 Å². The van der Waals surface area contributed by atoms with E-state index in [0.717, 1.165) is 194 Å². The van der Waals surface area contributed by atoms with E-state index in [4.69, 9.17) is 19.9 Å². The van der Waals surface area contributed by atoms with Crippen molar-refractivity contribution in [2.24, 2.45) is 0 Å². The van der Waals surface area contributed by atoms with Crippen LogP contribution in [0.4, 0.5) is 0 Å². The minimum Gasteiger partial charge on any atom is -0.656 e. The number of nitrogens with zero attached hydrogens (tertiary/aromatic N) is 12. The fourth-order valence-electron chi connectivity index (χ4n) is 10.4. The predicted molar refractivity (Wildman–Crippen MR) is 274 cm³/mol. The molecule has 0 N–H and O–H groups in total. The molecular formula is C56H72MnN12+4. The van der Waals surface area contributed by atoms with Gasteiger partial charge in [-0.1, -0.05) is 79.7 Å². The molecule has 9 heterocycles. The van der Waals surface area contributed by atoms with E-state index in [1.165, 1.54) is 0 Å². The van der Waals surface area contributed by atoms with Crippen LogP contribution in [-0.4, -0.2) is 28.2 Å². The standard InChI is InChI=1S/C56H72N12.Mn/c1-9-25-61-33-34-62(26-10-2)53(61)49-41-17-19-43(57-41)50(54-63(27-11-3)35-36-64(54)28-12-4)45-21-23-47(59-45)52(56-67(31-15-7)39-40-68(56)32-16-8)48-24-22-46(60-48)51(44-20-18-42(49)58-44)55-65(29-13-5)37-38-66(55)30-14-6;/h17-24,33-40H,9-16,25-32H2,1-8H3;/q2*+2. The monoisotopic (exact) mass is 968 g/mol. The molecule has 359 valence electrons. The Hall–Kier alpha value is -6.04. The first-order valence-corrected chi connectivity index (χ1v) is 25.8.